The second-order valence-electron chi connectivity index (χ2n) is 13.1. The second-order valence-corrected chi connectivity index (χ2v) is 13.1. The van der Waals surface area contributed by atoms with Gasteiger partial charge in [0.25, 0.3) is 5.91 Å². The molecule has 1 aliphatic heterocycles. The van der Waals surface area contributed by atoms with Crippen LogP contribution in [0.15, 0.2) is 40.2 Å². The van der Waals surface area contributed by atoms with E-state index >= 15 is 0 Å². The molecule has 3 aliphatic rings. The highest BCUT2D eigenvalue weighted by atomic mass is 16.3. The summed E-state index contributed by atoms with van der Waals surface area (Å²) in [6.45, 7) is 17.1. The molecule has 0 saturated heterocycles. The van der Waals surface area contributed by atoms with Crippen LogP contribution in [0.25, 0.3) is 5.57 Å². The van der Waals surface area contributed by atoms with Gasteiger partial charge < -0.3 is 15.3 Å². The minimum absolute atomic E-state index is 0.00326. The van der Waals surface area contributed by atoms with Gasteiger partial charge in [0.1, 0.15) is 5.76 Å². The van der Waals surface area contributed by atoms with Gasteiger partial charge >= 0.3 is 0 Å². The summed E-state index contributed by atoms with van der Waals surface area (Å²) in [7, 11) is 0. The van der Waals surface area contributed by atoms with Crippen molar-refractivity contribution in [3.8, 4) is 0 Å². The number of rotatable bonds is 7. The first-order valence-electron chi connectivity index (χ1n) is 14.5. The summed E-state index contributed by atoms with van der Waals surface area (Å²) in [4.78, 5) is 42.5. The van der Waals surface area contributed by atoms with Crippen LogP contribution in [0, 0.1) is 11.3 Å². The lowest BCUT2D eigenvalue weighted by molar-refractivity contribution is -0.130. The molecule has 0 bridgehead atoms. The van der Waals surface area contributed by atoms with E-state index in [2.05, 4.69) is 29.2 Å². The first-order valence-corrected chi connectivity index (χ1v) is 14.5. The van der Waals surface area contributed by atoms with Crippen molar-refractivity contribution in [2.75, 3.05) is 23.3 Å². The zero-order valence-corrected chi connectivity index (χ0v) is 25.3. The van der Waals surface area contributed by atoms with Crippen LogP contribution in [0.1, 0.15) is 93.1 Å². The number of hydrogen-bond acceptors (Lipinski definition) is 6. The van der Waals surface area contributed by atoms with Crippen molar-refractivity contribution < 1.29 is 19.5 Å². The van der Waals surface area contributed by atoms with Crippen molar-refractivity contribution in [1.82, 2.24) is 5.01 Å². The van der Waals surface area contributed by atoms with Gasteiger partial charge in [-0.05, 0) is 71.6 Å². The standard InChI is InChI=1S/C32H44N4O4/c1-9-35(10-2)20-15-16-21(22(18-20)33-23(37)17-19-13-11-12-14-19)24-27(38)25(28(24)39)26-29(31(3,4)5)34-36(30(26)40)32(6,7)8/h15-16,18-19,38H,9-14,17H2,1-8H3,(H,33,37). The van der Waals surface area contributed by atoms with Crippen LogP contribution in [0.3, 0.4) is 0 Å². The largest absolute Gasteiger partial charge is 0.506 e. The first-order chi connectivity index (χ1) is 18.7. The van der Waals surface area contributed by atoms with Crippen LogP contribution in [-0.2, 0) is 14.4 Å². The minimum atomic E-state index is -0.595. The number of anilines is 2. The number of hydrazone groups is 1. The molecule has 1 aromatic rings. The molecule has 8 nitrogen and oxygen atoms in total. The number of allylic oxidation sites excluding steroid dienone is 2. The highest BCUT2D eigenvalue weighted by Gasteiger charge is 2.48. The van der Waals surface area contributed by atoms with Gasteiger partial charge in [-0.2, -0.15) is 5.10 Å². The van der Waals surface area contributed by atoms with E-state index in [9.17, 15) is 19.5 Å². The number of amides is 2. The molecule has 4 rings (SSSR count). The topological polar surface area (TPSA) is 102 Å². The maximum absolute atomic E-state index is 13.8. The van der Waals surface area contributed by atoms with Crippen molar-refractivity contribution in [1.29, 1.82) is 0 Å². The predicted molar refractivity (Wildman–Crippen MR) is 160 cm³/mol. The Bertz CT molecular complexity index is 1310. The maximum Gasteiger partial charge on any atom is 0.277 e. The molecule has 2 N–H and O–H groups in total. The Hall–Kier alpha value is -3.42. The molecule has 0 spiro atoms. The van der Waals surface area contributed by atoms with Crippen LogP contribution in [0.5, 0.6) is 0 Å². The SMILES string of the molecule is CCN(CC)c1ccc(C2=C(O)C(=C3C(=O)N(C(C)(C)C)N=C3C(C)(C)C)C2=O)c(NC(=O)CC2CCCC2)c1. The third-order valence-electron chi connectivity index (χ3n) is 7.99. The number of carbonyl (C=O) groups excluding carboxylic acids is 3. The fourth-order valence-corrected chi connectivity index (χ4v) is 5.81. The van der Waals surface area contributed by atoms with Gasteiger partial charge in [-0.3, -0.25) is 14.4 Å². The molecule has 1 fully saturated rings. The Balaban J connectivity index is 1.79. The van der Waals surface area contributed by atoms with Gasteiger partial charge in [0.2, 0.25) is 11.7 Å². The zero-order valence-electron chi connectivity index (χ0n) is 25.3. The van der Waals surface area contributed by atoms with E-state index in [1.807, 2.05) is 53.7 Å². The molecule has 216 valence electrons. The Morgan fingerprint density at radius 2 is 1.65 bits per heavy atom. The van der Waals surface area contributed by atoms with E-state index in [0.29, 0.717) is 29.3 Å². The van der Waals surface area contributed by atoms with Crippen LogP contribution in [0.4, 0.5) is 11.4 Å². The number of benzene rings is 1. The molecule has 1 saturated carbocycles. The maximum atomic E-state index is 13.8. The molecule has 0 atom stereocenters. The lowest BCUT2D eigenvalue weighted by Crippen LogP contribution is -2.40. The number of aliphatic hydroxyl groups excluding tert-OH is 1. The average Bonchev–Trinajstić information content (AvgIpc) is 3.49. The van der Waals surface area contributed by atoms with E-state index < -0.39 is 22.6 Å². The summed E-state index contributed by atoms with van der Waals surface area (Å²) in [5.41, 5.74) is 1.48. The first kappa shape index (κ1) is 29.6. The van der Waals surface area contributed by atoms with Gasteiger partial charge in [-0.1, -0.05) is 33.6 Å². The monoisotopic (exact) mass is 548 g/mol. The number of nitrogens with zero attached hydrogens (tertiary/aromatic N) is 3. The van der Waals surface area contributed by atoms with E-state index in [-0.39, 0.29) is 28.4 Å². The molecule has 8 heteroatoms. The van der Waals surface area contributed by atoms with Crippen molar-refractivity contribution in [3.05, 3.63) is 40.7 Å². The fraction of sp³-hybridized carbons (Fsp3) is 0.562. The number of ketones is 1. The molecule has 1 heterocycles. The van der Waals surface area contributed by atoms with Crippen LogP contribution in [0.2, 0.25) is 0 Å². The second kappa shape index (κ2) is 10.9. The van der Waals surface area contributed by atoms with Crippen LogP contribution in [-0.4, -0.2) is 52.1 Å². The van der Waals surface area contributed by atoms with Gasteiger partial charge in [-0.15, -0.1) is 0 Å². The van der Waals surface area contributed by atoms with E-state index in [1.54, 1.807) is 6.07 Å². The third-order valence-corrected chi connectivity index (χ3v) is 7.99. The summed E-state index contributed by atoms with van der Waals surface area (Å²) in [6, 6.07) is 5.55. The third kappa shape index (κ3) is 5.45. The number of nitrogens with one attached hydrogen (secondary N) is 1. The van der Waals surface area contributed by atoms with Crippen molar-refractivity contribution >= 4 is 40.3 Å². The van der Waals surface area contributed by atoms with Crippen LogP contribution >= 0.6 is 0 Å². The Morgan fingerprint density at radius 3 is 2.17 bits per heavy atom. The van der Waals surface area contributed by atoms with Gasteiger partial charge in [-0.25, -0.2) is 5.01 Å². The highest BCUT2D eigenvalue weighted by molar-refractivity contribution is 6.45. The molecule has 2 amide bonds. The molecule has 0 radical (unpaired) electrons. The molecular formula is C32H44N4O4. The van der Waals surface area contributed by atoms with Gasteiger partial charge in [0.15, 0.2) is 0 Å². The molecular weight excluding hydrogens is 504 g/mol. The Morgan fingerprint density at radius 1 is 1.02 bits per heavy atom. The summed E-state index contributed by atoms with van der Waals surface area (Å²) in [5, 5.41) is 20.4. The zero-order chi connectivity index (χ0) is 29.6. The van der Waals surface area contributed by atoms with Crippen molar-refractivity contribution in [2.24, 2.45) is 16.4 Å². The quantitative estimate of drug-likeness (QED) is 0.393. The summed E-state index contributed by atoms with van der Waals surface area (Å²) < 4.78 is 0. The molecule has 0 aromatic heterocycles. The molecule has 40 heavy (non-hydrogen) atoms. The lowest BCUT2D eigenvalue weighted by atomic mass is 9.75. The molecule has 0 unspecified atom stereocenters. The van der Waals surface area contributed by atoms with Crippen molar-refractivity contribution in [2.45, 2.75) is 93.0 Å². The number of aliphatic hydroxyl groups is 1. The normalized spacial score (nSPS) is 20.3. The Labute approximate surface area is 238 Å². The Kier molecular flexibility index (Phi) is 8.03. The summed E-state index contributed by atoms with van der Waals surface area (Å²) >= 11 is 0. The smallest absolute Gasteiger partial charge is 0.277 e. The van der Waals surface area contributed by atoms with Crippen molar-refractivity contribution in [3.63, 3.8) is 0 Å². The van der Waals surface area contributed by atoms with Gasteiger partial charge in [0, 0.05) is 36.2 Å². The lowest BCUT2D eigenvalue weighted by Gasteiger charge is -2.29. The number of carbonyl (C=O) groups is 3. The minimum Gasteiger partial charge on any atom is -0.506 e. The fourth-order valence-electron chi connectivity index (χ4n) is 5.81. The van der Waals surface area contributed by atoms with E-state index in [1.165, 1.54) is 5.01 Å². The van der Waals surface area contributed by atoms with Gasteiger partial charge in [0.05, 0.1) is 33.7 Å². The highest BCUT2D eigenvalue weighted by Crippen LogP contribution is 2.45. The average molecular weight is 549 g/mol. The number of Topliss-reactive ketones (excluding diaryl/α,β-unsaturated/α-hetero) is 1. The molecule has 1 aromatic carbocycles. The van der Waals surface area contributed by atoms with E-state index in [4.69, 9.17) is 0 Å². The molecule has 2 aliphatic carbocycles. The summed E-state index contributed by atoms with van der Waals surface area (Å²) in [6.07, 6.45) is 4.85. The van der Waals surface area contributed by atoms with E-state index in [0.717, 1.165) is 44.5 Å². The van der Waals surface area contributed by atoms with Crippen LogP contribution < -0.4 is 10.2 Å². The predicted octanol–water partition coefficient (Wildman–Crippen LogP) is 6.24. The summed E-state index contributed by atoms with van der Waals surface area (Å²) in [5.74, 6) is -0.770. The number of hydrogen-bond donors (Lipinski definition) is 2.